The molecule has 13 heteroatoms. The lowest BCUT2D eigenvalue weighted by Gasteiger charge is -2.34. The number of halogens is 1. The molecule has 11 nitrogen and oxygen atoms in total. The van der Waals surface area contributed by atoms with Crippen molar-refractivity contribution in [1.29, 1.82) is 0 Å². The van der Waals surface area contributed by atoms with Crippen molar-refractivity contribution in [2.24, 2.45) is 5.73 Å². The Bertz CT molecular complexity index is 2330. The number of hydrogen-bond acceptors (Lipinski definition) is 8. The summed E-state index contributed by atoms with van der Waals surface area (Å²) in [6.45, 7) is 10.6. The van der Waals surface area contributed by atoms with E-state index in [-0.39, 0.29) is 17.0 Å². The fourth-order valence-electron chi connectivity index (χ4n) is 6.31. The number of phenolic OH excluding ortho intramolecular Hbond substituents is 1. The number of amides is 1. The predicted molar refractivity (Wildman–Crippen MR) is 248 cm³/mol. The molecule has 0 aromatic heterocycles. The first-order valence-electron chi connectivity index (χ1n) is 20.3. The number of primary amides is 1. The van der Waals surface area contributed by atoms with Crippen molar-refractivity contribution >= 4 is 40.8 Å². The van der Waals surface area contributed by atoms with Crippen LogP contribution in [0, 0.1) is 11.8 Å². The number of rotatable bonds is 11. The molecule has 334 valence electrons. The number of aryl methyl sites for hydroxylation is 1. The molecule has 0 bridgehead atoms. The van der Waals surface area contributed by atoms with Gasteiger partial charge >= 0.3 is 23.3 Å². The molecule has 0 spiro atoms. The molecule has 1 fully saturated rings. The number of carboxylic acids is 2. The van der Waals surface area contributed by atoms with Crippen molar-refractivity contribution in [3.05, 3.63) is 155 Å². The van der Waals surface area contributed by atoms with Crippen molar-refractivity contribution < 1.29 is 47.0 Å². The lowest BCUT2D eigenvalue weighted by atomic mass is 9.84. The fourth-order valence-corrected chi connectivity index (χ4v) is 7.52. The maximum absolute atomic E-state index is 12.8. The van der Waals surface area contributed by atoms with Crippen molar-refractivity contribution in [3.63, 3.8) is 0 Å². The Kier molecular flexibility index (Phi) is 20.1. The summed E-state index contributed by atoms with van der Waals surface area (Å²) >= 11 is 4.28. The zero-order valence-electron chi connectivity index (χ0n) is 36.4. The van der Waals surface area contributed by atoms with Gasteiger partial charge in [-0.1, -0.05) is 134 Å². The average Bonchev–Trinajstić information content (AvgIpc) is 3.24. The minimum absolute atomic E-state index is 0.190. The molecule has 5 aromatic rings. The lowest BCUT2D eigenvalue weighted by Crippen LogP contribution is -2.38. The Morgan fingerprint density at radius 1 is 0.746 bits per heavy atom. The Hall–Kier alpha value is -5.97. The van der Waals surface area contributed by atoms with E-state index in [9.17, 15) is 23.7 Å². The number of aromatic carboxylic acids is 2. The second-order valence-corrected chi connectivity index (χ2v) is 16.5. The zero-order chi connectivity index (χ0) is 46.6. The van der Waals surface area contributed by atoms with E-state index in [1.54, 1.807) is 26.0 Å². The molecule has 1 aliphatic rings. The zero-order valence-corrected chi connectivity index (χ0v) is 38.0. The SMILES string of the molecule is CC(N)=O.CCc1ccccc1OC1(C#CC(C)(C)OS(=O)OC(C)(C)c2ccccc2Cl)CCCCC1.O=C(O)c1ccccc1C(=O)O.Oc1ccccc1-c1ccccc1. The molecular weight excluding hydrogens is 842 g/mol. The van der Waals surface area contributed by atoms with Gasteiger partial charge in [0.25, 0.3) is 0 Å². The van der Waals surface area contributed by atoms with Gasteiger partial charge in [-0.2, -0.15) is 4.21 Å². The second-order valence-electron chi connectivity index (χ2n) is 15.4. The van der Waals surface area contributed by atoms with E-state index >= 15 is 0 Å². The largest absolute Gasteiger partial charge is 0.507 e. The predicted octanol–water partition coefficient (Wildman–Crippen LogP) is 10.9. The van der Waals surface area contributed by atoms with Crippen LogP contribution in [0.4, 0.5) is 0 Å². The first kappa shape index (κ1) is 51.4. The van der Waals surface area contributed by atoms with Crippen LogP contribution < -0.4 is 10.5 Å². The molecular formula is C50H56ClNO10S. The minimum atomic E-state index is -2.03. The molecule has 1 amide bonds. The van der Waals surface area contributed by atoms with Gasteiger partial charge in [0, 0.05) is 23.1 Å². The summed E-state index contributed by atoms with van der Waals surface area (Å²) in [5, 5.41) is 27.2. The number of benzene rings is 5. The normalized spacial score (nSPS) is 13.3. The number of phenols is 1. The van der Waals surface area contributed by atoms with E-state index in [1.807, 2.05) is 98.8 Å². The summed E-state index contributed by atoms with van der Waals surface area (Å²) < 4.78 is 30.8. The van der Waals surface area contributed by atoms with E-state index in [2.05, 4.69) is 30.6 Å². The van der Waals surface area contributed by atoms with E-state index in [0.29, 0.717) is 10.8 Å². The fraction of sp³-hybridized carbons (Fsp3) is 0.300. The van der Waals surface area contributed by atoms with Gasteiger partial charge in [0.2, 0.25) is 5.91 Å². The summed E-state index contributed by atoms with van der Waals surface area (Å²) in [6.07, 6.45) is 5.90. The molecule has 63 heavy (non-hydrogen) atoms. The highest BCUT2D eigenvalue weighted by molar-refractivity contribution is 7.75. The third kappa shape index (κ3) is 17.0. The van der Waals surface area contributed by atoms with Crippen LogP contribution in [-0.2, 0) is 36.5 Å². The van der Waals surface area contributed by atoms with Crippen LogP contribution in [0.3, 0.4) is 0 Å². The lowest BCUT2D eigenvalue weighted by molar-refractivity contribution is -0.115. The van der Waals surface area contributed by atoms with Crippen LogP contribution in [0.2, 0.25) is 5.02 Å². The summed E-state index contributed by atoms with van der Waals surface area (Å²) in [4.78, 5) is 30.1. The van der Waals surface area contributed by atoms with Crippen LogP contribution in [0.5, 0.6) is 11.5 Å². The molecule has 5 aromatic carbocycles. The van der Waals surface area contributed by atoms with Gasteiger partial charge in [-0.3, -0.25) is 8.98 Å². The number of aromatic hydroxyl groups is 1. The van der Waals surface area contributed by atoms with Gasteiger partial charge in [0.15, 0.2) is 5.60 Å². The molecule has 0 radical (unpaired) electrons. The highest BCUT2D eigenvalue weighted by atomic mass is 35.5. The van der Waals surface area contributed by atoms with Gasteiger partial charge in [-0.05, 0) is 101 Å². The first-order valence-corrected chi connectivity index (χ1v) is 21.7. The average molecular weight is 899 g/mol. The van der Waals surface area contributed by atoms with E-state index in [1.165, 1.54) is 43.2 Å². The molecule has 5 N–H and O–H groups in total. The molecule has 6 rings (SSSR count). The van der Waals surface area contributed by atoms with Gasteiger partial charge in [-0.15, -0.1) is 0 Å². The number of nitrogens with two attached hydrogens (primary N) is 1. The molecule has 0 aliphatic heterocycles. The third-order valence-corrected chi connectivity index (χ3v) is 10.8. The van der Waals surface area contributed by atoms with Crippen molar-refractivity contribution in [3.8, 4) is 34.5 Å². The molecule has 1 saturated carbocycles. The topological polar surface area (TPSA) is 183 Å². The van der Waals surface area contributed by atoms with Crippen LogP contribution in [0.1, 0.15) is 105 Å². The van der Waals surface area contributed by atoms with Crippen LogP contribution in [0.15, 0.2) is 127 Å². The molecule has 0 heterocycles. The first-order chi connectivity index (χ1) is 29.8. The standard InChI is InChI=1S/C28H35ClO4S.C12H10O.C8H6O4.C2H5NO/c1-6-22-14-8-11-17-25(22)31-28(18-12-7-13-19-28)21-20-26(2,3)32-34(30)33-27(4,5)23-15-9-10-16-24(23)29;13-12-9-5-4-8-11(12)10-6-2-1-3-7-10;9-7(10)5-3-1-2-4-6(5)8(11)12;1-2(3)4/h8-11,14-17H,6-7,12-13,18-19H2,1-5H3;1-9,13H;1-4H,(H,9,10)(H,11,12);1H3,(H2,3,4). The maximum atomic E-state index is 12.8. The second kappa shape index (κ2) is 24.6. The summed E-state index contributed by atoms with van der Waals surface area (Å²) in [5.41, 5.74) is 5.44. The number of hydrogen-bond donors (Lipinski definition) is 4. The minimum Gasteiger partial charge on any atom is -0.507 e. The smallest absolute Gasteiger partial charge is 0.336 e. The quantitative estimate of drug-likeness (QED) is 0.0931. The van der Waals surface area contributed by atoms with E-state index in [4.69, 9.17) is 34.9 Å². The molecule has 1 aliphatic carbocycles. The van der Waals surface area contributed by atoms with Gasteiger partial charge in [0.05, 0.1) is 11.1 Å². The van der Waals surface area contributed by atoms with E-state index < -0.39 is 40.1 Å². The highest BCUT2D eigenvalue weighted by Gasteiger charge is 2.35. The number of ether oxygens (including phenoxy) is 1. The van der Waals surface area contributed by atoms with Gasteiger partial charge in [-0.25, -0.2) is 13.8 Å². The number of carboxylic acid groups (broad SMARTS) is 2. The summed E-state index contributed by atoms with van der Waals surface area (Å²) in [6, 6.07) is 38.1. The Morgan fingerprint density at radius 2 is 1.25 bits per heavy atom. The Morgan fingerprint density at radius 3 is 1.81 bits per heavy atom. The van der Waals surface area contributed by atoms with Crippen LogP contribution >= 0.6 is 11.6 Å². The molecule has 1 atom stereocenters. The van der Waals surface area contributed by atoms with Gasteiger partial charge < -0.3 is 25.8 Å². The molecule has 0 saturated heterocycles. The summed E-state index contributed by atoms with van der Waals surface area (Å²) in [5.74, 6) is 4.99. The molecule has 1 unspecified atom stereocenters. The Balaban J connectivity index is 0.000000294. The van der Waals surface area contributed by atoms with Crippen molar-refractivity contribution in [2.75, 3.05) is 0 Å². The number of carbonyl (C=O) groups excluding carboxylic acids is 1. The van der Waals surface area contributed by atoms with Crippen LogP contribution in [-0.4, -0.2) is 48.6 Å². The summed E-state index contributed by atoms with van der Waals surface area (Å²) in [7, 11) is 0. The highest BCUT2D eigenvalue weighted by Crippen LogP contribution is 2.36. The van der Waals surface area contributed by atoms with E-state index in [0.717, 1.165) is 54.5 Å². The Labute approximate surface area is 378 Å². The van der Waals surface area contributed by atoms with Crippen LogP contribution in [0.25, 0.3) is 11.1 Å². The van der Waals surface area contributed by atoms with Gasteiger partial charge in [0.1, 0.15) is 22.7 Å². The van der Waals surface area contributed by atoms with Crippen molar-refractivity contribution in [2.45, 2.75) is 96.9 Å². The number of para-hydroxylation sites is 2. The van der Waals surface area contributed by atoms with Crippen molar-refractivity contribution in [1.82, 2.24) is 0 Å². The maximum Gasteiger partial charge on any atom is 0.336 e. The number of carbonyl (C=O) groups is 3. The monoisotopic (exact) mass is 897 g/mol. The third-order valence-electron chi connectivity index (χ3n) is 9.36.